The summed E-state index contributed by atoms with van der Waals surface area (Å²) in [6.45, 7) is 1.09. The molecule has 2 rings (SSSR count). The number of nitrogens with two attached hydrogens (primary N) is 1. The molecule has 0 spiro atoms. The molecule has 0 atom stereocenters. The van der Waals surface area contributed by atoms with Gasteiger partial charge in [0.05, 0.1) is 17.2 Å². The summed E-state index contributed by atoms with van der Waals surface area (Å²) < 4.78 is 23.5. The van der Waals surface area contributed by atoms with E-state index in [0.29, 0.717) is 18.8 Å². The van der Waals surface area contributed by atoms with Gasteiger partial charge in [0.1, 0.15) is 0 Å². The Labute approximate surface area is 103 Å². The Balaban J connectivity index is 2.20. The van der Waals surface area contributed by atoms with E-state index in [9.17, 15) is 8.42 Å². The lowest BCUT2D eigenvalue weighted by Gasteiger charge is -2.29. The minimum Gasteiger partial charge on any atom is -0.399 e. The predicted octanol–water partition coefficient (Wildman–Crippen LogP) is 1.27. The number of anilines is 2. The van der Waals surface area contributed by atoms with Gasteiger partial charge in [0, 0.05) is 23.2 Å². The third-order valence-electron chi connectivity index (χ3n) is 2.66. The van der Waals surface area contributed by atoms with Crippen LogP contribution in [0, 0.1) is 0 Å². The van der Waals surface area contributed by atoms with E-state index in [1.807, 2.05) is 18.2 Å². The van der Waals surface area contributed by atoms with Crippen LogP contribution in [-0.2, 0) is 9.84 Å². The molecule has 16 heavy (non-hydrogen) atoms. The molecular weight excluding hydrogens is 292 g/mol. The smallest absolute Gasteiger partial charge is 0.153 e. The van der Waals surface area contributed by atoms with Crippen LogP contribution in [0.1, 0.15) is 0 Å². The summed E-state index contributed by atoms with van der Waals surface area (Å²) in [4.78, 5) is 2.06. The number of halogens is 1. The second kappa shape index (κ2) is 4.25. The largest absolute Gasteiger partial charge is 0.399 e. The average Bonchev–Trinajstić information content (AvgIpc) is 2.19. The Morgan fingerprint density at radius 2 is 1.88 bits per heavy atom. The first-order valence-electron chi connectivity index (χ1n) is 4.98. The Kier molecular flexibility index (Phi) is 3.12. The van der Waals surface area contributed by atoms with Crippen molar-refractivity contribution in [3.05, 3.63) is 22.7 Å². The van der Waals surface area contributed by atoms with Gasteiger partial charge in [-0.3, -0.25) is 0 Å². The number of sulfone groups is 1. The zero-order valence-electron chi connectivity index (χ0n) is 8.69. The second-order valence-corrected chi connectivity index (χ2v) is 7.01. The first-order chi connectivity index (χ1) is 7.48. The predicted molar refractivity (Wildman–Crippen MR) is 69.4 cm³/mol. The fourth-order valence-corrected chi connectivity index (χ4v) is 3.58. The van der Waals surface area contributed by atoms with E-state index in [4.69, 9.17) is 5.73 Å². The molecule has 2 N–H and O–H groups in total. The molecule has 0 aliphatic carbocycles. The summed E-state index contributed by atoms with van der Waals surface area (Å²) in [5.41, 5.74) is 7.35. The third kappa shape index (κ3) is 2.49. The van der Waals surface area contributed by atoms with Crippen LogP contribution in [0.2, 0.25) is 0 Å². The van der Waals surface area contributed by atoms with Crippen molar-refractivity contribution in [3.63, 3.8) is 0 Å². The molecule has 1 aromatic carbocycles. The maximum atomic E-state index is 11.3. The molecule has 1 fully saturated rings. The van der Waals surface area contributed by atoms with Crippen LogP contribution in [0.25, 0.3) is 0 Å². The zero-order chi connectivity index (χ0) is 11.8. The summed E-state index contributed by atoms with van der Waals surface area (Å²) >= 11 is 3.44. The minimum absolute atomic E-state index is 0.226. The lowest BCUT2D eigenvalue weighted by molar-refractivity contribution is 0.586. The van der Waals surface area contributed by atoms with Crippen molar-refractivity contribution in [2.45, 2.75) is 0 Å². The highest BCUT2D eigenvalue weighted by atomic mass is 79.9. The van der Waals surface area contributed by atoms with E-state index >= 15 is 0 Å². The van der Waals surface area contributed by atoms with Gasteiger partial charge in [-0.2, -0.15) is 0 Å². The van der Waals surface area contributed by atoms with E-state index in [-0.39, 0.29) is 11.5 Å². The molecule has 0 amide bonds. The first kappa shape index (κ1) is 11.7. The number of benzene rings is 1. The molecule has 0 unspecified atom stereocenters. The van der Waals surface area contributed by atoms with Gasteiger partial charge < -0.3 is 10.6 Å². The van der Waals surface area contributed by atoms with Crippen molar-refractivity contribution in [1.82, 2.24) is 0 Å². The van der Waals surface area contributed by atoms with Gasteiger partial charge in [0.2, 0.25) is 0 Å². The summed E-state index contributed by atoms with van der Waals surface area (Å²) in [5, 5.41) is 0. The highest BCUT2D eigenvalue weighted by molar-refractivity contribution is 9.10. The molecule has 0 radical (unpaired) electrons. The quantitative estimate of drug-likeness (QED) is 0.794. The van der Waals surface area contributed by atoms with Crippen LogP contribution in [0.4, 0.5) is 11.4 Å². The molecule has 0 saturated carbocycles. The van der Waals surface area contributed by atoms with Gasteiger partial charge in [-0.1, -0.05) is 0 Å². The second-order valence-electron chi connectivity index (χ2n) is 3.85. The van der Waals surface area contributed by atoms with Crippen molar-refractivity contribution >= 4 is 37.1 Å². The van der Waals surface area contributed by atoms with Crippen LogP contribution in [0.5, 0.6) is 0 Å². The van der Waals surface area contributed by atoms with Gasteiger partial charge in [0.25, 0.3) is 0 Å². The fraction of sp³-hybridized carbons (Fsp3) is 0.400. The number of nitrogens with zero attached hydrogens (tertiary/aromatic N) is 1. The van der Waals surface area contributed by atoms with Crippen molar-refractivity contribution in [1.29, 1.82) is 0 Å². The molecule has 1 heterocycles. The fourth-order valence-electron chi connectivity index (χ4n) is 1.73. The van der Waals surface area contributed by atoms with Crippen LogP contribution < -0.4 is 10.6 Å². The minimum atomic E-state index is -2.83. The number of hydrogen-bond donors (Lipinski definition) is 1. The van der Waals surface area contributed by atoms with Crippen molar-refractivity contribution in [2.24, 2.45) is 0 Å². The zero-order valence-corrected chi connectivity index (χ0v) is 11.1. The monoisotopic (exact) mass is 304 g/mol. The van der Waals surface area contributed by atoms with Gasteiger partial charge in [-0.05, 0) is 34.1 Å². The Hall–Kier alpha value is -0.750. The van der Waals surface area contributed by atoms with E-state index in [0.717, 1.165) is 10.2 Å². The molecule has 6 heteroatoms. The normalized spacial score (nSPS) is 19.7. The highest BCUT2D eigenvalue weighted by Crippen LogP contribution is 2.29. The lowest BCUT2D eigenvalue weighted by Crippen LogP contribution is -2.40. The lowest BCUT2D eigenvalue weighted by atomic mass is 10.2. The average molecular weight is 305 g/mol. The summed E-state index contributed by atoms with van der Waals surface area (Å²) in [5.74, 6) is 0.452. The van der Waals surface area contributed by atoms with E-state index in [2.05, 4.69) is 20.8 Å². The Bertz CT molecular complexity index is 488. The van der Waals surface area contributed by atoms with E-state index in [1.54, 1.807) is 0 Å². The van der Waals surface area contributed by atoms with Gasteiger partial charge >= 0.3 is 0 Å². The first-order valence-corrected chi connectivity index (χ1v) is 7.60. The van der Waals surface area contributed by atoms with Gasteiger partial charge in [-0.25, -0.2) is 8.42 Å². The van der Waals surface area contributed by atoms with Gasteiger partial charge in [0.15, 0.2) is 9.84 Å². The van der Waals surface area contributed by atoms with Crippen LogP contribution in [-0.4, -0.2) is 33.0 Å². The Morgan fingerprint density at radius 3 is 2.44 bits per heavy atom. The van der Waals surface area contributed by atoms with Crippen molar-refractivity contribution in [2.75, 3.05) is 35.2 Å². The molecule has 88 valence electrons. The van der Waals surface area contributed by atoms with E-state index < -0.39 is 9.84 Å². The molecule has 1 aliphatic rings. The molecule has 1 saturated heterocycles. The maximum absolute atomic E-state index is 11.3. The number of rotatable bonds is 1. The standard InChI is InChI=1S/C10H13BrN2O2S/c11-9-7-8(12)1-2-10(9)13-3-5-16(14,15)6-4-13/h1-2,7H,3-6,12H2. The third-order valence-corrected chi connectivity index (χ3v) is 4.90. The number of nitrogen functional groups attached to an aromatic ring is 1. The molecule has 0 bridgehead atoms. The molecule has 1 aromatic rings. The van der Waals surface area contributed by atoms with E-state index in [1.165, 1.54) is 0 Å². The van der Waals surface area contributed by atoms with Gasteiger partial charge in [-0.15, -0.1) is 0 Å². The SMILES string of the molecule is Nc1ccc(N2CCS(=O)(=O)CC2)c(Br)c1. The topological polar surface area (TPSA) is 63.4 Å². The summed E-state index contributed by atoms with van der Waals surface area (Å²) in [6, 6.07) is 5.57. The van der Waals surface area contributed by atoms with Crippen molar-refractivity contribution in [3.8, 4) is 0 Å². The molecule has 1 aliphatic heterocycles. The van der Waals surface area contributed by atoms with Crippen LogP contribution in [0.15, 0.2) is 22.7 Å². The van der Waals surface area contributed by atoms with Crippen molar-refractivity contribution < 1.29 is 8.42 Å². The summed E-state index contributed by atoms with van der Waals surface area (Å²) in [7, 11) is -2.83. The molecule has 4 nitrogen and oxygen atoms in total. The maximum Gasteiger partial charge on any atom is 0.153 e. The molecular formula is C10H13BrN2O2S. The Morgan fingerprint density at radius 1 is 1.25 bits per heavy atom. The highest BCUT2D eigenvalue weighted by Gasteiger charge is 2.22. The molecule has 0 aromatic heterocycles. The van der Waals surface area contributed by atoms with Crippen LogP contribution >= 0.6 is 15.9 Å². The van der Waals surface area contributed by atoms with Crippen LogP contribution in [0.3, 0.4) is 0 Å². The summed E-state index contributed by atoms with van der Waals surface area (Å²) in [6.07, 6.45) is 0. The number of hydrogen-bond acceptors (Lipinski definition) is 4.